The second-order valence-electron chi connectivity index (χ2n) is 7.17. The number of anilines is 1. The number of rotatable bonds is 5. The third-order valence-corrected chi connectivity index (χ3v) is 6.02. The second kappa shape index (κ2) is 8.56. The summed E-state index contributed by atoms with van der Waals surface area (Å²) in [5, 5.41) is 3.81. The molecule has 6 nitrogen and oxygen atoms in total. The summed E-state index contributed by atoms with van der Waals surface area (Å²) in [4.78, 5) is 35.3. The summed E-state index contributed by atoms with van der Waals surface area (Å²) in [6, 6.07) is 26.9. The van der Waals surface area contributed by atoms with Crippen LogP contribution in [-0.4, -0.2) is 20.4 Å². The van der Waals surface area contributed by atoms with Gasteiger partial charge in [0.05, 0.1) is 27.8 Å². The number of amides is 1. The molecule has 0 spiro atoms. The predicted molar refractivity (Wildman–Crippen MR) is 128 cm³/mol. The standard InChI is InChI=1S/C25H18N4O2S/c30-21(15-29-16-26-20-14-8-7-13-19(20)24(29)31)27-25-28-22(17-9-3-1-4-10-17)23(32-25)18-11-5-2-6-12-18/h1-14,16H,15H2,(H,27,28,30). The zero-order valence-electron chi connectivity index (χ0n) is 16.9. The predicted octanol–water partition coefficient (Wildman–Crippen LogP) is 4.83. The lowest BCUT2D eigenvalue weighted by Crippen LogP contribution is -2.27. The van der Waals surface area contributed by atoms with Crippen molar-refractivity contribution >= 4 is 33.3 Å². The Hall–Kier alpha value is -4.10. The maximum Gasteiger partial charge on any atom is 0.261 e. The summed E-state index contributed by atoms with van der Waals surface area (Å²) in [6.45, 7) is -0.141. The number of hydrogen-bond donors (Lipinski definition) is 1. The van der Waals surface area contributed by atoms with Crippen molar-refractivity contribution in [3.63, 3.8) is 0 Å². The Kier molecular flexibility index (Phi) is 5.31. The number of aromatic nitrogens is 3. The maximum absolute atomic E-state index is 12.7. The van der Waals surface area contributed by atoms with Crippen molar-refractivity contribution in [2.24, 2.45) is 0 Å². The molecule has 156 valence electrons. The normalized spacial score (nSPS) is 10.9. The zero-order valence-corrected chi connectivity index (χ0v) is 17.8. The number of benzene rings is 3. The zero-order chi connectivity index (χ0) is 21.9. The van der Waals surface area contributed by atoms with E-state index in [1.54, 1.807) is 18.2 Å². The molecule has 7 heteroatoms. The van der Waals surface area contributed by atoms with Crippen LogP contribution in [0.3, 0.4) is 0 Å². The molecule has 5 rings (SSSR count). The number of nitrogens with zero attached hydrogens (tertiary/aromatic N) is 3. The van der Waals surface area contributed by atoms with Gasteiger partial charge in [-0.15, -0.1) is 0 Å². The molecule has 0 saturated carbocycles. The smallest absolute Gasteiger partial charge is 0.261 e. The van der Waals surface area contributed by atoms with Gasteiger partial charge in [-0.2, -0.15) is 0 Å². The SMILES string of the molecule is O=C(Cn1cnc2ccccc2c1=O)Nc1nc(-c2ccccc2)c(-c2ccccc2)s1. The lowest BCUT2D eigenvalue weighted by atomic mass is 10.1. The second-order valence-corrected chi connectivity index (χ2v) is 8.17. The molecule has 0 atom stereocenters. The Balaban J connectivity index is 1.44. The number of thiazole rings is 1. The monoisotopic (exact) mass is 438 g/mol. The number of nitrogens with one attached hydrogen (secondary N) is 1. The average Bonchev–Trinajstić information content (AvgIpc) is 3.26. The fourth-order valence-corrected chi connectivity index (χ4v) is 4.49. The van der Waals surface area contributed by atoms with Gasteiger partial charge in [0.2, 0.25) is 5.91 Å². The maximum atomic E-state index is 12.7. The first kappa shape index (κ1) is 19.8. The van der Waals surface area contributed by atoms with Crippen LogP contribution in [0, 0.1) is 0 Å². The van der Waals surface area contributed by atoms with Crippen molar-refractivity contribution in [2.45, 2.75) is 6.54 Å². The minimum absolute atomic E-state index is 0.141. The van der Waals surface area contributed by atoms with Gasteiger partial charge < -0.3 is 5.32 Å². The van der Waals surface area contributed by atoms with Crippen LogP contribution < -0.4 is 10.9 Å². The van der Waals surface area contributed by atoms with E-state index in [4.69, 9.17) is 4.98 Å². The summed E-state index contributed by atoms with van der Waals surface area (Å²) in [5.41, 5.74) is 3.16. The summed E-state index contributed by atoms with van der Waals surface area (Å²) in [5.74, 6) is -0.336. The molecule has 32 heavy (non-hydrogen) atoms. The molecule has 3 aromatic carbocycles. The van der Waals surface area contributed by atoms with Gasteiger partial charge >= 0.3 is 0 Å². The summed E-state index contributed by atoms with van der Waals surface area (Å²) in [7, 11) is 0. The topological polar surface area (TPSA) is 76.9 Å². The van der Waals surface area contributed by atoms with Crippen molar-refractivity contribution in [3.8, 4) is 21.7 Å². The quantitative estimate of drug-likeness (QED) is 0.427. The lowest BCUT2D eigenvalue weighted by molar-refractivity contribution is -0.116. The van der Waals surface area contributed by atoms with Crippen LogP contribution in [0.4, 0.5) is 5.13 Å². The highest BCUT2D eigenvalue weighted by molar-refractivity contribution is 7.19. The van der Waals surface area contributed by atoms with Crippen molar-refractivity contribution in [1.29, 1.82) is 0 Å². The number of carbonyl (C=O) groups excluding carboxylic acids is 1. The first-order chi connectivity index (χ1) is 15.7. The highest BCUT2D eigenvalue weighted by atomic mass is 32.1. The highest BCUT2D eigenvalue weighted by Crippen LogP contribution is 2.38. The molecule has 2 heterocycles. The van der Waals surface area contributed by atoms with Gasteiger partial charge in [0.25, 0.3) is 5.56 Å². The Morgan fingerprint density at radius 3 is 2.28 bits per heavy atom. The molecule has 1 amide bonds. The van der Waals surface area contributed by atoms with Crippen molar-refractivity contribution in [2.75, 3.05) is 5.32 Å². The van der Waals surface area contributed by atoms with E-state index < -0.39 is 0 Å². The lowest BCUT2D eigenvalue weighted by Gasteiger charge is -2.06. The first-order valence-electron chi connectivity index (χ1n) is 10.0. The Morgan fingerprint density at radius 1 is 0.875 bits per heavy atom. The van der Waals surface area contributed by atoms with E-state index in [0.717, 1.165) is 21.7 Å². The number of fused-ring (bicyclic) bond motifs is 1. The average molecular weight is 439 g/mol. The van der Waals surface area contributed by atoms with Crippen molar-refractivity contribution in [3.05, 3.63) is 102 Å². The molecule has 0 fully saturated rings. The van der Waals surface area contributed by atoms with Crippen LogP contribution >= 0.6 is 11.3 Å². The van der Waals surface area contributed by atoms with Gasteiger partial charge in [0.15, 0.2) is 5.13 Å². The van der Waals surface area contributed by atoms with E-state index in [2.05, 4.69) is 10.3 Å². The molecule has 0 bridgehead atoms. The van der Waals surface area contributed by atoms with Gasteiger partial charge in [-0.3, -0.25) is 14.2 Å². The van der Waals surface area contributed by atoms with Crippen LogP contribution in [0.1, 0.15) is 0 Å². The van der Waals surface area contributed by atoms with E-state index in [1.807, 2.05) is 66.7 Å². The van der Waals surface area contributed by atoms with Gasteiger partial charge in [-0.05, 0) is 17.7 Å². The van der Waals surface area contributed by atoms with Crippen LogP contribution in [0.15, 0.2) is 96.1 Å². The molecule has 0 aliphatic carbocycles. The summed E-state index contributed by atoms with van der Waals surface area (Å²) >= 11 is 1.41. The van der Waals surface area contributed by atoms with E-state index in [1.165, 1.54) is 22.2 Å². The molecule has 5 aromatic rings. The van der Waals surface area contributed by atoms with Crippen LogP contribution in [0.25, 0.3) is 32.6 Å². The fourth-order valence-electron chi connectivity index (χ4n) is 3.48. The molecule has 2 aromatic heterocycles. The van der Waals surface area contributed by atoms with Gasteiger partial charge in [0, 0.05) is 5.56 Å². The Bertz CT molecular complexity index is 1400. The van der Waals surface area contributed by atoms with Crippen LogP contribution in [-0.2, 0) is 11.3 Å². The molecule has 0 unspecified atom stereocenters. The van der Waals surface area contributed by atoms with Crippen molar-refractivity contribution < 1.29 is 4.79 Å². The van der Waals surface area contributed by atoms with E-state index in [9.17, 15) is 9.59 Å². The number of hydrogen-bond acceptors (Lipinski definition) is 5. The van der Waals surface area contributed by atoms with Crippen LogP contribution in [0.2, 0.25) is 0 Å². The molecule has 1 N–H and O–H groups in total. The van der Waals surface area contributed by atoms with E-state index >= 15 is 0 Å². The molecule has 0 saturated heterocycles. The summed E-state index contributed by atoms with van der Waals surface area (Å²) in [6.07, 6.45) is 1.40. The highest BCUT2D eigenvalue weighted by Gasteiger charge is 2.17. The van der Waals surface area contributed by atoms with Gasteiger partial charge in [0.1, 0.15) is 6.54 Å². The van der Waals surface area contributed by atoms with Crippen LogP contribution in [0.5, 0.6) is 0 Å². The Labute approximate surface area is 187 Å². The third kappa shape index (κ3) is 3.93. The molecular weight excluding hydrogens is 420 g/mol. The van der Waals surface area contributed by atoms with E-state index in [0.29, 0.717) is 16.0 Å². The number of para-hydroxylation sites is 1. The number of carbonyl (C=O) groups is 1. The molecule has 0 aliphatic heterocycles. The fraction of sp³-hybridized carbons (Fsp3) is 0.0400. The van der Waals surface area contributed by atoms with E-state index in [-0.39, 0.29) is 18.0 Å². The molecule has 0 aliphatic rings. The Morgan fingerprint density at radius 2 is 1.53 bits per heavy atom. The van der Waals surface area contributed by atoms with Crippen molar-refractivity contribution in [1.82, 2.24) is 14.5 Å². The molecule has 0 radical (unpaired) electrons. The molecular formula is C25H18N4O2S. The van der Waals surface area contributed by atoms with Gasteiger partial charge in [-0.25, -0.2) is 9.97 Å². The first-order valence-corrected chi connectivity index (χ1v) is 10.9. The minimum Gasteiger partial charge on any atom is -0.300 e. The van der Waals surface area contributed by atoms with Gasteiger partial charge in [-0.1, -0.05) is 84.1 Å². The third-order valence-electron chi connectivity index (χ3n) is 5.00. The largest absolute Gasteiger partial charge is 0.300 e. The summed E-state index contributed by atoms with van der Waals surface area (Å²) < 4.78 is 1.31. The minimum atomic E-state index is -0.336.